The Balaban J connectivity index is 2.78. The molecule has 0 nitrogen and oxygen atoms in total. The third-order valence-electron chi connectivity index (χ3n) is 2.32. The molecule has 0 aliphatic rings. The molecule has 0 bridgehead atoms. The number of hydrogen-bond donors (Lipinski definition) is 0. The largest absolute Gasteiger partial charge is 0.0654 e. The van der Waals surface area contributed by atoms with Gasteiger partial charge in [0.1, 0.15) is 0 Å². The maximum Gasteiger partial charge on any atom is -0.0242 e. The van der Waals surface area contributed by atoms with Crippen LogP contribution in [0.5, 0.6) is 0 Å². The second-order valence-corrected chi connectivity index (χ2v) is 7.01. The second kappa shape index (κ2) is 13.9. The normalized spacial score (nSPS) is 12.4. The van der Waals surface area contributed by atoms with Crippen molar-refractivity contribution in [2.45, 2.75) is 65.2 Å². The summed E-state index contributed by atoms with van der Waals surface area (Å²) in [5.41, 5.74) is 0. The van der Waals surface area contributed by atoms with Crippen LogP contribution in [0.2, 0.25) is 0 Å². The van der Waals surface area contributed by atoms with Crippen LogP contribution in [-0.4, -0.2) is 12.3 Å². The molecule has 0 saturated heterocycles. The second-order valence-electron chi connectivity index (χ2n) is 3.85. The van der Waals surface area contributed by atoms with Gasteiger partial charge >= 0.3 is 0 Å². The summed E-state index contributed by atoms with van der Waals surface area (Å²) in [6, 6.07) is 0. The van der Waals surface area contributed by atoms with Crippen LogP contribution in [0.25, 0.3) is 0 Å². The van der Waals surface area contributed by atoms with Crippen LogP contribution in [0.1, 0.15) is 65.2 Å². The quantitative estimate of drug-likeness (QED) is 0.305. The van der Waals surface area contributed by atoms with Crippen LogP contribution in [0, 0.1) is 0 Å². The van der Waals surface area contributed by atoms with Crippen molar-refractivity contribution in [3.05, 3.63) is 0 Å². The van der Waals surface area contributed by atoms with E-state index in [2.05, 4.69) is 13.8 Å². The number of rotatable bonds is 11. The molecule has 2 radical (unpaired) electrons. The van der Waals surface area contributed by atoms with Gasteiger partial charge < -0.3 is 0 Å². The summed E-state index contributed by atoms with van der Waals surface area (Å²) in [7, 11) is 3.35. The van der Waals surface area contributed by atoms with Crippen molar-refractivity contribution in [1.29, 1.82) is 0 Å². The minimum absolute atomic E-state index is 1.36. The van der Waals surface area contributed by atoms with E-state index in [-0.39, 0.29) is 0 Å². The lowest BCUT2D eigenvalue weighted by atomic mass is 10.1. The highest BCUT2D eigenvalue weighted by Crippen LogP contribution is 2.37. The summed E-state index contributed by atoms with van der Waals surface area (Å²) in [5, 5.41) is 0. The monoisotopic (exact) mass is 232 g/mol. The average Bonchev–Trinajstić information content (AvgIpc) is 2.21. The minimum atomic E-state index is 1.36. The van der Waals surface area contributed by atoms with E-state index < -0.39 is 0 Å². The first-order valence-corrected chi connectivity index (χ1v) is 9.11. The lowest BCUT2D eigenvalue weighted by Gasteiger charge is -2.00. The maximum atomic E-state index is 2.28. The molecule has 0 heterocycles. The summed E-state index contributed by atoms with van der Waals surface area (Å²) in [4.78, 5) is 0. The minimum Gasteiger partial charge on any atom is -0.0654 e. The number of hydrogen-bond acceptors (Lipinski definition) is 0. The Morgan fingerprint density at radius 1 is 0.571 bits per heavy atom. The molecule has 0 spiro atoms. The lowest BCUT2D eigenvalue weighted by molar-refractivity contribution is 0.627. The molecule has 0 atom stereocenters. The average molecular weight is 232 g/mol. The molecule has 0 rings (SSSR count). The Kier molecular flexibility index (Phi) is 14.7. The van der Waals surface area contributed by atoms with Crippen molar-refractivity contribution >= 4 is 16.5 Å². The first kappa shape index (κ1) is 14.9. The molecule has 0 aromatic rings. The van der Waals surface area contributed by atoms with Gasteiger partial charge in [-0.05, 0) is 41.7 Å². The fourth-order valence-corrected chi connectivity index (χ4v) is 4.14. The Morgan fingerprint density at radius 2 is 1.07 bits per heavy atom. The van der Waals surface area contributed by atoms with E-state index in [0.717, 1.165) is 0 Å². The van der Waals surface area contributed by atoms with Crippen molar-refractivity contribution in [3.8, 4) is 0 Å². The highest BCUT2D eigenvalue weighted by molar-refractivity contribution is 8.11. The molecule has 0 aromatic carbocycles. The molecule has 0 aliphatic heterocycles. The van der Waals surface area contributed by atoms with Gasteiger partial charge in [-0.25, -0.2) is 0 Å². The zero-order valence-corrected chi connectivity index (χ0v) is 11.8. The molecule has 2 heteroatoms. The van der Waals surface area contributed by atoms with Gasteiger partial charge in [-0.2, -0.15) is 0 Å². The van der Waals surface area contributed by atoms with E-state index in [9.17, 15) is 0 Å². The topological polar surface area (TPSA) is 0 Å². The van der Waals surface area contributed by atoms with Gasteiger partial charge in [0.05, 0.1) is 0 Å². The SMILES string of the molecule is CCCCCCCC[P][P]CCCC. The predicted octanol–water partition coefficient (Wildman–Crippen LogP) is 5.95. The van der Waals surface area contributed by atoms with E-state index in [4.69, 9.17) is 0 Å². The molecule has 0 unspecified atom stereocenters. The van der Waals surface area contributed by atoms with Gasteiger partial charge in [-0.15, -0.1) is 0 Å². The van der Waals surface area contributed by atoms with E-state index in [0.29, 0.717) is 0 Å². The van der Waals surface area contributed by atoms with Crippen molar-refractivity contribution in [1.82, 2.24) is 0 Å². The van der Waals surface area contributed by atoms with E-state index in [1.54, 1.807) is 16.5 Å². The molecule has 84 valence electrons. The van der Waals surface area contributed by atoms with Crippen molar-refractivity contribution in [3.63, 3.8) is 0 Å². The lowest BCUT2D eigenvalue weighted by Crippen LogP contribution is -1.79. The highest BCUT2D eigenvalue weighted by Gasteiger charge is 1.92. The molecule has 0 amide bonds. The first-order chi connectivity index (χ1) is 6.91. The van der Waals surface area contributed by atoms with E-state index in [1.807, 2.05) is 0 Å². The van der Waals surface area contributed by atoms with Gasteiger partial charge in [0.15, 0.2) is 0 Å². The smallest absolute Gasteiger partial charge is 0.0242 e. The summed E-state index contributed by atoms with van der Waals surface area (Å²) in [5.74, 6) is 0. The fourth-order valence-electron chi connectivity index (χ4n) is 1.33. The third-order valence-corrected chi connectivity index (χ3v) is 5.36. The summed E-state index contributed by atoms with van der Waals surface area (Å²) in [6.07, 6.45) is 14.3. The predicted molar refractivity (Wildman–Crippen MR) is 71.9 cm³/mol. The summed E-state index contributed by atoms with van der Waals surface area (Å²) in [6.45, 7) is 4.56. The van der Waals surface area contributed by atoms with E-state index in [1.165, 1.54) is 63.7 Å². The van der Waals surface area contributed by atoms with Gasteiger partial charge in [-0.3, -0.25) is 0 Å². The van der Waals surface area contributed by atoms with Crippen LogP contribution in [0.4, 0.5) is 0 Å². The Labute approximate surface area is 94.5 Å². The molecule has 0 aliphatic carbocycles. The Hall–Kier alpha value is 0.860. The molecule has 0 saturated carbocycles. The molecule has 0 N–H and O–H groups in total. The zero-order chi connectivity index (χ0) is 10.5. The molecule has 0 fully saturated rings. The van der Waals surface area contributed by atoms with Crippen molar-refractivity contribution < 1.29 is 0 Å². The van der Waals surface area contributed by atoms with Gasteiger partial charge in [0, 0.05) is 0 Å². The van der Waals surface area contributed by atoms with Gasteiger partial charge in [-0.1, -0.05) is 52.4 Å². The summed E-state index contributed by atoms with van der Waals surface area (Å²) < 4.78 is 0. The molecule has 0 aromatic heterocycles. The van der Waals surface area contributed by atoms with E-state index >= 15 is 0 Å². The Morgan fingerprint density at radius 3 is 1.71 bits per heavy atom. The Bertz CT molecular complexity index is 82.3. The van der Waals surface area contributed by atoms with Gasteiger partial charge in [0.25, 0.3) is 0 Å². The number of unbranched alkanes of at least 4 members (excludes halogenated alkanes) is 6. The van der Waals surface area contributed by atoms with Crippen molar-refractivity contribution in [2.24, 2.45) is 0 Å². The van der Waals surface area contributed by atoms with Crippen LogP contribution in [0.3, 0.4) is 0 Å². The zero-order valence-electron chi connectivity index (χ0n) is 9.97. The van der Waals surface area contributed by atoms with Crippen LogP contribution < -0.4 is 0 Å². The first-order valence-electron chi connectivity index (χ1n) is 6.25. The molecular formula is C12H26P2. The highest BCUT2D eigenvalue weighted by atomic mass is 32.0. The fraction of sp³-hybridized carbons (Fsp3) is 1.00. The standard InChI is InChI=1S/C12H26P2/c1-3-5-7-8-9-10-12-14-13-11-6-4-2/h3-12H2,1-2H3. The van der Waals surface area contributed by atoms with Crippen molar-refractivity contribution in [2.75, 3.05) is 12.3 Å². The third kappa shape index (κ3) is 12.9. The van der Waals surface area contributed by atoms with Crippen LogP contribution >= 0.6 is 16.5 Å². The molecule has 14 heavy (non-hydrogen) atoms. The van der Waals surface area contributed by atoms with Crippen LogP contribution in [-0.2, 0) is 0 Å². The van der Waals surface area contributed by atoms with Gasteiger partial charge in [0.2, 0.25) is 0 Å². The maximum absolute atomic E-state index is 2.28. The summed E-state index contributed by atoms with van der Waals surface area (Å²) >= 11 is 0. The molecular weight excluding hydrogens is 206 g/mol. The van der Waals surface area contributed by atoms with Crippen LogP contribution in [0.15, 0.2) is 0 Å².